The standard InChI is InChI=1S/C39H54O6/c1-34(2)18-20-39(33(43)44)21-19-37(6)26(27(39)22-34)13-14-30-36(5)23-28(41)32(35(3,4)29(36)16-17-38(30,37)7)45-31(42)15-10-24-8-11-25(40)12-9-24/h8-13,15,27-30,32,40-41H,14,16-23H2,1-7H3,(H,43,44)/b15-10-. The Morgan fingerprint density at radius 2 is 1.56 bits per heavy atom. The van der Waals surface area contributed by atoms with E-state index in [1.54, 1.807) is 30.3 Å². The van der Waals surface area contributed by atoms with Crippen LogP contribution in [-0.4, -0.2) is 39.5 Å². The van der Waals surface area contributed by atoms with Crippen LogP contribution in [0.2, 0.25) is 0 Å². The van der Waals surface area contributed by atoms with Crippen LogP contribution in [-0.2, 0) is 14.3 Å². The lowest BCUT2D eigenvalue weighted by Gasteiger charge is -2.71. The number of ether oxygens (including phenoxy) is 1. The zero-order valence-electron chi connectivity index (χ0n) is 28.4. The highest BCUT2D eigenvalue weighted by atomic mass is 16.6. The number of hydrogen-bond acceptors (Lipinski definition) is 5. The number of benzene rings is 1. The van der Waals surface area contributed by atoms with Crippen LogP contribution in [0.15, 0.2) is 42.0 Å². The van der Waals surface area contributed by atoms with Gasteiger partial charge in [-0.2, -0.15) is 0 Å². The molecule has 0 saturated heterocycles. The Bertz CT molecular complexity index is 1420. The Morgan fingerprint density at radius 3 is 2.22 bits per heavy atom. The van der Waals surface area contributed by atoms with Gasteiger partial charge in [0.25, 0.3) is 0 Å². The summed E-state index contributed by atoms with van der Waals surface area (Å²) in [5.74, 6) is -0.230. The molecule has 4 saturated carbocycles. The molecule has 5 aliphatic rings. The maximum absolute atomic E-state index is 13.0. The number of rotatable bonds is 4. The van der Waals surface area contributed by atoms with Gasteiger partial charge in [0, 0.05) is 11.5 Å². The topological polar surface area (TPSA) is 104 Å². The molecule has 4 fully saturated rings. The molecular weight excluding hydrogens is 564 g/mol. The first-order valence-electron chi connectivity index (χ1n) is 17.2. The summed E-state index contributed by atoms with van der Waals surface area (Å²) < 4.78 is 6.04. The third-order valence-electron chi connectivity index (χ3n) is 14.5. The summed E-state index contributed by atoms with van der Waals surface area (Å²) in [6.45, 7) is 16.3. The van der Waals surface area contributed by atoms with E-state index in [0.29, 0.717) is 12.3 Å². The van der Waals surface area contributed by atoms with Gasteiger partial charge in [-0.15, -0.1) is 0 Å². The summed E-state index contributed by atoms with van der Waals surface area (Å²) in [5.41, 5.74) is 0.991. The number of phenolic OH excluding ortho intramolecular Hbond substituents is 1. The third-order valence-corrected chi connectivity index (χ3v) is 14.5. The summed E-state index contributed by atoms with van der Waals surface area (Å²) in [7, 11) is 0. The first-order chi connectivity index (χ1) is 20.9. The lowest BCUT2D eigenvalue weighted by molar-refractivity contribution is -0.238. The molecule has 1 aromatic carbocycles. The van der Waals surface area contributed by atoms with Crippen molar-refractivity contribution in [3.63, 3.8) is 0 Å². The van der Waals surface area contributed by atoms with E-state index >= 15 is 0 Å². The first-order valence-corrected chi connectivity index (χ1v) is 17.2. The maximum Gasteiger partial charge on any atom is 0.331 e. The van der Waals surface area contributed by atoms with Gasteiger partial charge in [0.05, 0.1) is 11.5 Å². The molecule has 246 valence electrons. The normalized spacial score (nSPS) is 43.2. The second-order valence-corrected chi connectivity index (χ2v) is 17.6. The van der Waals surface area contributed by atoms with Crippen molar-refractivity contribution >= 4 is 18.0 Å². The van der Waals surface area contributed by atoms with Gasteiger partial charge in [-0.05, 0) is 121 Å². The number of esters is 1. The number of hydrogen-bond donors (Lipinski definition) is 3. The molecule has 6 nitrogen and oxygen atoms in total. The molecule has 0 radical (unpaired) electrons. The lowest BCUT2D eigenvalue weighted by atomic mass is 9.33. The van der Waals surface area contributed by atoms with Crippen molar-refractivity contribution in [1.82, 2.24) is 0 Å². The van der Waals surface area contributed by atoms with Crippen molar-refractivity contribution in [3.05, 3.63) is 47.6 Å². The van der Waals surface area contributed by atoms with E-state index in [2.05, 4.69) is 54.5 Å². The van der Waals surface area contributed by atoms with Gasteiger partial charge in [0.15, 0.2) is 0 Å². The fraction of sp³-hybridized carbons (Fsp3) is 0.692. The number of fused-ring (bicyclic) bond motifs is 7. The minimum absolute atomic E-state index is 0.0131. The Balaban J connectivity index is 1.29. The second kappa shape index (κ2) is 10.5. The van der Waals surface area contributed by atoms with Gasteiger partial charge in [0.1, 0.15) is 11.9 Å². The molecule has 6 heteroatoms. The molecule has 3 N–H and O–H groups in total. The molecule has 0 bridgehead atoms. The van der Waals surface area contributed by atoms with Crippen LogP contribution in [0.5, 0.6) is 5.75 Å². The van der Waals surface area contributed by atoms with Crippen LogP contribution in [0, 0.1) is 50.2 Å². The summed E-state index contributed by atoms with van der Waals surface area (Å²) >= 11 is 0. The predicted molar refractivity (Wildman–Crippen MR) is 175 cm³/mol. The zero-order chi connectivity index (χ0) is 32.8. The molecule has 0 aliphatic heterocycles. The van der Waals surface area contributed by atoms with Crippen molar-refractivity contribution in [2.45, 2.75) is 118 Å². The molecule has 0 spiro atoms. The monoisotopic (exact) mass is 618 g/mol. The number of aromatic hydroxyl groups is 1. The zero-order valence-corrected chi connectivity index (χ0v) is 28.4. The molecular formula is C39H54O6. The van der Waals surface area contributed by atoms with Crippen molar-refractivity contribution in [2.75, 3.05) is 0 Å². The van der Waals surface area contributed by atoms with Gasteiger partial charge >= 0.3 is 11.9 Å². The third kappa shape index (κ3) is 4.74. The fourth-order valence-electron chi connectivity index (χ4n) is 11.9. The number of carboxylic acids is 1. The van der Waals surface area contributed by atoms with Crippen LogP contribution in [0.3, 0.4) is 0 Å². The predicted octanol–water partition coefficient (Wildman–Crippen LogP) is 8.17. The summed E-state index contributed by atoms with van der Waals surface area (Å²) in [5, 5.41) is 31.9. The minimum Gasteiger partial charge on any atom is -0.508 e. The van der Waals surface area contributed by atoms with E-state index in [4.69, 9.17) is 4.74 Å². The van der Waals surface area contributed by atoms with Gasteiger partial charge in [-0.25, -0.2) is 4.79 Å². The second-order valence-electron chi connectivity index (χ2n) is 17.6. The summed E-state index contributed by atoms with van der Waals surface area (Å²) in [4.78, 5) is 26.0. The molecule has 0 aromatic heterocycles. The highest BCUT2D eigenvalue weighted by Gasteiger charge is 2.70. The average molecular weight is 619 g/mol. The molecule has 6 rings (SSSR count). The molecule has 9 unspecified atom stereocenters. The summed E-state index contributed by atoms with van der Waals surface area (Å²) in [6, 6.07) is 6.62. The molecule has 45 heavy (non-hydrogen) atoms. The summed E-state index contributed by atoms with van der Waals surface area (Å²) in [6.07, 6.45) is 12.0. The highest BCUT2D eigenvalue weighted by Crippen LogP contribution is 2.75. The van der Waals surface area contributed by atoms with Crippen molar-refractivity contribution in [2.24, 2.45) is 50.2 Å². The Hall–Kier alpha value is -2.60. The number of carboxylic acid groups (broad SMARTS) is 1. The number of aliphatic carboxylic acids is 1. The first kappa shape index (κ1) is 32.3. The van der Waals surface area contributed by atoms with E-state index in [9.17, 15) is 24.9 Å². The quantitative estimate of drug-likeness (QED) is 0.179. The minimum atomic E-state index is -0.780. The molecule has 5 aliphatic carbocycles. The van der Waals surface area contributed by atoms with Crippen LogP contribution in [0.1, 0.15) is 112 Å². The van der Waals surface area contributed by atoms with Crippen molar-refractivity contribution in [1.29, 1.82) is 0 Å². The van der Waals surface area contributed by atoms with Gasteiger partial charge in [-0.3, -0.25) is 4.79 Å². The number of carbonyl (C=O) groups excluding carboxylic acids is 1. The van der Waals surface area contributed by atoms with Crippen LogP contribution in [0.4, 0.5) is 0 Å². The maximum atomic E-state index is 13.0. The average Bonchev–Trinajstić information content (AvgIpc) is 2.94. The van der Waals surface area contributed by atoms with E-state index < -0.39 is 35.0 Å². The number of aliphatic hydroxyl groups is 1. The van der Waals surface area contributed by atoms with E-state index in [0.717, 1.165) is 56.9 Å². The van der Waals surface area contributed by atoms with Crippen LogP contribution < -0.4 is 0 Å². The number of aliphatic hydroxyl groups excluding tert-OH is 1. The number of carbonyl (C=O) groups is 2. The largest absolute Gasteiger partial charge is 0.508 e. The number of allylic oxidation sites excluding steroid dienone is 2. The van der Waals surface area contributed by atoms with Crippen LogP contribution >= 0.6 is 0 Å². The molecule has 1 aromatic rings. The Labute approximate surface area is 269 Å². The van der Waals surface area contributed by atoms with E-state index in [1.807, 2.05) is 0 Å². The van der Waals surface area contributed by atoms with E-state index in [1.165, 1.54) is 11.6 Å². The smallest absolute Gasteiger partial charge is 0.331 e. The molecule has 9 atom stereocenters. The Morgan fingerprint density at radius 1 is 0.889 bits per heavy atom. The van der Waals surface area contributed by atoms with Gasteiger partial charge < -0.3 is 20.1 Å². The molecule has 0 heterocycles. The van der Waals surface area contributed by atoms with Crippen LogP contribution in [0.25, 0.3) is 6.08 Å². The lowest BCUT2D eigenvalue weighted by Crippen LogP contribution is -2.67. The SMILES string of the molecule is CC1(C)CCC2(C(=O)O)CCC3(C)C(=CCC4C5(C)CC(O)C(OC(=O)/C=C\c6ccc(O)cc6)C(C)(C)C5CCC43C)C2C1. The van der Waals surface area contributed by atoms with E-state index in [-0.39, 0.29) is 39.2 Å². The fourth-order valence-corrected chi connectivity index (χ4v) is 11.9. The van der Waals surface area contributed by atoms with Gasteiger partial charge in [0.2, 0.25) is 0 Å². The van der Waals surface area contributed by atoms with Gasteiger partial charge in [-0.1, -0.05) is 72.2 Å². The highest BCUT2D eigenvalue weighted by molar-refractivity contribution is 5.87. The Kier molecular flexibility index (Phi) is 7.51. The van der Waals surface area contributed by atoms with Crippen molar-refractivity contribution < 1.29 is 29.6 Å². The van der Waals surface area contributed by atoms with Crippen molar-refractivity contribution in [3.8, 4) is 5.75 Å². The molecule has 0 amide bonds. The number of phenols is 1.